The molecular formula is C38H59NO4. The molecule has 1 saturated heterocycles. The highest BCUT2D eigenvalue weighted by Gasteiger charge is 2.64. The maximum atomic E-state index is 12.9. The number of rotatable bonds is 7. The van der Waals surface area contributed by atoms with Crippen LogP contribution in [0.25, 0.3) is 0 Å². The molecule has 2 unspecified atom stereocenters. The molecule has 4 aliphatic carbocycles. The zero-order valence-corrected chi connectivity index (χ0v) is 27.4. The minimum atomic E-state index is -0.241. The van der Waals surface area contributed by atoms with Crippen molar-refractivity contribution >= 4 is 6.09 Å². The molecule has 43 heavy (non-hydrogen) atoms. The normalized spacial score (nSPS) is 42.0. The molecule has 5 nitrogen and oxygen atoms in total. The van der Waals surface area contributed by atoms with Gasteiger partial charge < -0.3 is 19.8 Å². The lowest BCUT2D eigenvalue weighted by molar-refractivity contribution is -0.203. The molecule has 1 aromatic carbocycles. The number of benzene rings is 1. The van der Waals surface area contributed by atoms with Crippen LogP contribution in [0.15, 0.2) is 30.3 Å². The van der Waals surface area contributed by atoms with E-state index in [1.54, 1.807) is 0 Å². The van der Waals surface area contributed by atoms with Crippen LogP contribution in [-0.4, -0.2) is 53.1 Å². The van der Waals surface area contributed by atoms with Crippen molar-refractivity contribution in [2.45, 2.75) is 117 Å². The second-order valence-corrected chi connectivity index (χ2v) is 16.1. The van der Waals surface area contributed by atoms with Gasteiger partial charge in [0, 0.05) is 13.1 Å². The zero-order chi connectivity index (χ0) is 30.4. The average molecular weight is 594 g/mol. The lowest BCUT2D eigenvalue weighted by atomic mass is 9.41. The van der Waals surface area contributed by atoms with E-state index in [4.69, 9.17) is 4.74 Å². The summed E-state index contributed by atoms with van der Waals surface area (Å²) in [5.74, 6) is 4.07. The first kappa shape index (κ1) is 31.4. The fraction of sp³-hybridized carbons (Fsp3) is 0.816. The summed E-state index contributed by atoms with van der Waals surface area (Å²) in [6, 6.07) is 10.7. The lowest BCUT2D eigenvalue weighted by Crippen LogP contribution is -2.62. The standard InChI is InChI=1S/C38H59NO4/c1-5-29-33-24-28(40)13-18-38(33,4)32-14-19-37(3)30(11-12-31(37)34(32)35(29)41)25(2)17-22-43-36(42)39-20-15-27(16-21-39)23-26-9-7-6-8-10-26/h6-10,25,27-35,40-41H,5,11-24H2,1-4H3/t25-,28-,29-,30-,31+,32+,33+,34?,35-,37?,38+/m1/s1. The predicted octanol–water partition coefficient (Wildman–Crippen LogP) is 7.73. The minimum absolute atomic E-state index is 0.127. The van der Waals surface area contributed by atoms with E-state index in [2.05, 4.69) is 58.0 Å². The monoisotopic (exact) mass is 593 g/mol. The number of amides is 1. The Morgan fingerprint density at radius 1 is 0.953 bits per heavy atom. The fourth-order valence-electron chi connectivity index (χ4n) is 11.8. The van der Waals surface area contributed by atoms with E-state index in [1.165, 1.54) is 31.2 Å². The summed E-state index contributed by atoms with van der Waals surface area (Å²) < 4.78 is 5.87. The molecule has 1 heterocycles. The summed E-state index contributed by atoms with van der Waals surface area (Å²) in [5.41, 5.74) is 1.89. The molecule has 5 aliphatic rings. The van der Waals surface area contributed by atoms with E-state index in [9.17, 15) is 15.0 Å². The van der Waals surface area contributed by atoms with Crippen molar-refractivity contribution in [3.8, 4) is 0 Å². The third-order valence-corrected chi connectivity index (χ3v) is 14.2. The number of carbonyl (C=O) groups is 1. The van der Waals surface area contributed by atoms with Gasteiger partial charge in [0.05, 0.1) is 18.8 Å². The summed E-state index contributed by atoms with van der Waals surface area (Å²) in [5, 5.41) is 22.5. The topological polar surface area (TPSA) is 70.0 Å². The summed E-state index contributed by atoms with van der Waals surface area (Å²) in [7, 11) is 0. The van der Waals surface area contributed by atoms with Gasteiger partial charge in [0.2, 0.25) is 0 Å². The molecule has 0 spiro atoms. The molecule has 0 bridgehead atoms. The predicted molar refractivity (Wildman–Crippen MR) is 171 cm³/mol. The van der Waals surface area contributed by atoms with Crippen LogP contribution in [0.5, 0.6) is 0 Å². The van der Waals surface area contributed by atoms with Crippen molar-refractivity contribution in [3.63, 3.8) is 0 Å². The Morgan fingerprint density at radius 3 is 2.37 bits per heavy atom. The van der Waals surface area contributed by atoms with Gasteiger partial charge in [0.1, 0.15) is 0 Å². The molecule has 0 aromatic heterocycles. The molecule has 240 valence electrons. The van der Waals surface area contributed by atoms with Crippen molar-refractivity contribution in [2.24, 2.45) is 58.2 Å². The third kappa shape index (κ3) is 5.80. The Balaban J connectivity index is 1.02. The number of hydrogen-bond donors (Lipinski definition) is 2. The highest BCUT2D eigenvalue weighted by Crippen LogP contribution is 2.69. The molecule has 5 fully saturated rings. The maximum Gasteiger partial charge on any atom is 0.409 e. The Labute approximate surface area is 261 Å². The second-order valence-electron chi connectivity index (χ2n) is 16.1. The van der Waals surface area contributed by atoms with E-state index < -0.39 is 0 Å². The molecule has 5 heteroatoms. The van der Waals surface area contributed by atoms with E-state index in [0.29, 0.717) is 54.0 Å². The van der Waals surface area contributed by atoms with Gasteiger partial charge in [0.15, 0.2) is 0 Å². The second kappa shape index (κ2) is 12.7. The molecule has 1 aromatic rings. The Kier molecular flexibility index (Phi) is 9.24. The first-order chi connectivity index (χ1) is 20.7. The quantitative estimate of drug-likeness (QED) is 0.339. The van der Waals surface area contributed by atoms with E-state index >= 15 is 0 Å². The first-order valence-corrected chi connectivity index (χ1v) is 18.0. The van der Waals surface area contributed by atoms with Gasteiger partial charge in [-0.15, -0.1) is 0 Å². The van der Waals surface area contributed by atoms with Gasteiger partial charge in [0.25, 0.3) is 0 Å². The largest absolute Gasteiger partial charge is 0.449 e. The molecule has 6 rings (SSSR count). The number of likely N-dealkylation sites (tertiary alicyclic amines) is 1. The van der Waals surface area contributed by atoms with Crippen LogP contribution in [-0.2, 0) is 11.2 Å². The molecule has 4 saturated carbocycles. The number of nitrogens with zero attached hydrogens (tertiary/aromatic N) is 1. The molecule has 11 atom stereocenters. The van der Waals surface area contributed by atoms with Crippen LogP contribution in [0.4, 0.5) is 4.79 Å². The van der Waals surface area contributed by atoms with Gasteiger partial charge in [-0.25, -0.2) is 4.79 Å². The van der Waals surface area contributed by atoms with Gasteiger partial charge in [-0.05, 0) is 134 Å². The molecule has 1 aliphatic heterocycles. The van der Waals surface area contributed by atoms with Gasteiger partial charge in [-0.2, -0.15) is 0 Å². The highest BCUT2D eigenvalue weighted by molar-refractivity contribution is 5.67. The highest BCUT2D eigenvalue weighted by atomic mass is 16.6. The number of aliphatic hydroxyl groups is 2. The molecular weight excluding hydrogens is 534 g/mol. The summed E-state index contributed by atoms with van der Waals surface area (Å²) in [4.78, 5) is 14.9. The van der Waals surface area contributed by atoms with Gasteiger partial charge in [-0.3, -0.25) is 0 Å². The number of aliphatic hydroxyl groups excluding tert-OH is 2. The lowest BCUT2D eigenvalue weighted by Gasteiger charge is -2.64. The molecule has 1 amide bonds. The van der Waals surface area contributed by atoms with Crippen LogP contribution < -0.4 is 0 Å². The van der Waals surface area contributed by atoms with E-state index in [-0.39, 0.29) is 29.1 Å². The summed E-state index contributed by atoms with van der Waals surface area (Å²) in [6.07, 6.45) is 12.4. The van der Waals surface area contributed by atoms with E-state index in [0.717, 1.165) is 64.5 Å². The summed E-state index contributed by atoms with van der Waals surface area (Å²) >= 11 is 0. The molecule has 2 N–H and O–H groups in total. The molecule has 0 radical (unpaired) electrons. The zero-order valence-electron chi connectivity index (χ0n) is 27.4. The average Bonchev–Trinajstić information content (AvgIpc) is 3.36. The van der Waals surface area contributed by atoms with Gasteiger partial charge >= 0.3 is 6.09 Å². The van der Waals surface area contributed by atoms with Crippen molar-refractivity contribution < 1.29 is 19.7 Å². The number of fused-ring (bicyclic) bond motifs is 5. The number of hydrogen-bond acceptors (Lipinski definition) is 4. The van der Waals surface area contributed by atoms with Crippen LogP contribution in [0.1, 0.15) is 104 Å². The first-order valence-electron chi connectivity index (χ1n) is 18.0. The maximum absolute atomic E-state index is 12.9. The number of piperidine rings is 1. The van der Waals surface area contributed by atoms with Crippen LogP contribution in [0.3, 0.4) is 0 Å². The summed E-state index contributed by atoms with van der Waals surface area (Å²) in [6.45, 7) is 11.8. The van der Waals surface area contributed by atoms with Crippen molar-refractivity contribution in [3.05, 3.63) is 35.9 Å². The van der Waals surface area contributed by atoms with E-state index in [1.807, 2.05) is 4.90 Å². The van der Waals surface area contributed by atoms with Crippen LogP contribution in [0, 0.1) is 58.2 Å². The van der Waals surface area contributed by atoms with Crippen molar-refractivity contribution in [1.82, 2.24) is 4.90 Å². The number of carbonyl (C=O) groups excluding carboxylic acids is 1. The van der Waals surface area contributed by atoms with Crippen LogP contribution in [0.2, 0.25) is 0 Å². The Bertz CT molecular complexity index is 1090. The fourth-order valence-corrected chi connectivity index (χ4v) is 11.8. The number of ether oxygens (including phenoxy) is 1. The third-order valence-electron chi connectivity index (χ3n) is 14.2. The van der Waals surface area contributed by atoms with Gasteiger partial charge in [-0.1, -0.05) is 64.4 Å². The SMILES string of the molecule is CC[C@H]1[C@@H](O)C2[C@@H]3CC[C@H]([C@H](C)CCOC(=O)N4CCC(Cc5ccccc5)CC4)C3(C)CC[C@@H]2[C@]2(C)CC[C@@H](O)C[C@@H]12. The van der Waals surface area contributed by atoms with Crippen molar-refractivity contribution in [2.75, 3.05) is 19.7 Å². The smallest absolute Gasteiger partial charge is 0.409 e. The Hall–Kier alpha value is -1.59. The minimum Gasteiger partial charge on any atom is -0.449 e. The van der Waals surface area contributed by atoms with Crippen molar-refractivity contribution in [1.29, 1.82) is 0 Å². The Morgan fingerprint density at radius 2 is 1.65 bits per heavy atom. The van der Waals surface area contributed by atoms with Crippen LogP contribution >= 0.6 is 0 Å².